The average molecular weight is 269 g/mol. The fourth-order valence-corrected chi connectivity index (χ4v) is 2.21. The number of ether oxygens (including phenoxy) is 1. The number of nitrogens with zero attached hydrogens (tertiary/aromatic N) is 4. The normalized spacial score (nSPS) is 15.9. The molecule has 15 heavy (non-hydrogen) atoms. The van der Waals surface area contributed by atoms with Gasteiger partial charge < -0.3 is 4.74 Å². The van der Waals surface area contributed by atoms with Gasteiger partial charge in [0.15, 0.2) is 0 Å². The van der Waals surface area contributed by atoms with E-state index in [9.17, 15) is 0 Å². The molecule has 2 aromatic heterocycles. The van der Waals surface area contributed by atoms with Gasteiger partial charge in [-0.05, 0) is 28.8 Å². The zero-order valence-electron chi connectivity index (χ0n) is 8.14. The fraction of sp³-hybridized carbons (Fsp3) is 0.444. The first kappa shape index (κ1) is 9.08. The SMILES string of the molecule is COc1nncc2c1c(Br)nn2C1CC1. The summed E-state index contributed by atoms with van der Waals surface area (Å²) in [6, 6.07) is 0.521. The molecule has 2 aromatic rings. The van der Waals surface area contributed by atoms with Crippen molar-refractivity contribution >= 4 is 26.8 Å². The molecule has 0 N–H and O–H groups in total. The van der Waals surface area contributed by atoms with Crippen LogP contribution in [-0.2, 0) is 0 Å². The highest BCUT2D eigenvalue weighted by Crippen LogP contribution is 2.39. The van der Waals surface area contributed by atoms with Crippen LogP contribution in [0, 0.1) is 0 Å². The third-order valence-electron chi connectivity index (χ3n) is 2.53. The maximum absolute atomic E-state index is 5.16. The number of rotatable bonds is 2. The molecule has 2 heterocycles. The molecule has 0 spiro atoms. The van der Waals surface area contributed by atoms with Gasteiger partial charge in [-0.25, -0.2) is 0 Å². The molecule has 0 radical (unpaired) electrons. The van der Waals surface area contributed by atoms with Gasteiger partial charge in [-0.2, -0.15) is 10.2 Å². The minimum absolute atomic E-state index is 0.520. The van der Waals surface area contributed by atoms with Crippen LogP contribution >= 0.6 is 15.9 Å². The zero-order valence-corrected chi connectivity index (χ0v) is 9.73. The Bertz CT molecular complexity index is 520. The molecule has 1 saturated carbocycles. The number of hydrogen-bond acceptors (Lipinski definition) is 4. The van der Waals surface area contributed by atoms with Gasteiger partial charge in [0.1, 0.15) is 4.60 Å². The monoisotopic (exact) mass is 268 g/mol. The Kier molecular flexibility index (Phi) is 1.92. The Balaban J connectivity index is 2.32. The van der Waals surface area contributed by atoms with Crippen molar-refractivity contribution in [1.29, 1.82) is 0 Å². The quantitative estimate of drug-likeness (QED) is 0.835. The topological polar surface area (TPSA) is 52.8 Å². The molecule has 78 valence electrons. The predicted molar refractivity (Wildman–Crippen MR) is 57.8 cm³/mol. The average Bonchev–Trinajstić information content (AvgIpc) is 3.04. The van der Waals surface area contributed by atoms with Crippen molar-refractivity contribution in [2.24, 2.45) is 0 Å². The second kappa shape index (κ2) is 3.16. The maximum Gasteiger partial charge on any atom is 0.245 e. The van der Waals surface area contributed by atoms with E-state index in [0.29, 0.717) is 11.9 Å². The first-order chi connectivity index (χ1) is 7.31. The molecule has 6 heteroatoms. The second-order valence-electron chi connectivity index (χ2n) is 3.58. The number of aromatic nitrogens is 4. The van der Waals surface area contributed by atoms with Gasteiger partial charge in [-0.3, -0.25) is 4.68 Å². The van der Waals surface area contributed by atoms with Gasteiger partial charge in [0, 0.05) is 0 Å². The van der Waals surface area contributed by atoms with Gasteiger partial charge >= 0.3 is 0 Å². The Morgan fingerprint density at radius 3 is 3.00 bits per heavy atom. The van der Waals surface area contributed by atoms with E-state index in [-0.39, 0.29) is 0 Å². The molecule has 0 unspecified atom stereocenters. The molecule has 1 aliphatic rings. The van der Waals surface area contributed by atoms with Crippen molar-refractivity contribution in [3.8, 4) is 5.88 Å². The smallest absolute Gasteiger partial charge is 0.245 e. The van der Waals surface area contributed by atoms with Crippen molar-refractivity contribution in [2.45, 2.75) is 18.9 Å². The fourth-order valence-electron chi connectivity index (χ4n) is 1.67. The molecule has 0 aromatic carbocycles. The largest absolute Gasteiger partial charge is 0.479 e. The molecule has 0 amide bonds. The predicted octanol–water partition coefficient (Wildman–Crippen LogP) is 1.93. The summed E-state index contributed by atoms with van der Waals surface area (Å²) in [6.45, 7) is 0. The lowest BCUT2D eigenvalue weighted by Crippen LogP contribution is -1.97. The summed E-state index contributed by atoms with van der Waals surface area (Å²) in [6.07, 6.45) is 4.11. The molecule has 1 aliphatic carbocycles. The minimum atomic E-state index is 0.520. The van der Waals surface area contributed by atoms with Crippen molar-refractivity contribution < 1.29 is 4.74 Å². The van der Waals surface area contributed by atoms with E-state index in [0.717, 1.165) is 15.5 Å². The standard InChI is InChI=1S/C9H9BrN4O/c1-15-9-7-6(4-11-12-9)14(5-2-3-5)13-8(7)10/h4-5H,2-3H2,1H3. The number of halogens is 1. The molecule has 1 fully saturated rings. The molecule has 0 aliphatic heterocycles. The van der Waals surface area contributed by atoms with Gasteiger partial charge in [-0.1, -0.05) is 0 Å². The number of fused-ring (bicyclic) bond motifs is 1. The lowest BCUT2D eigenvalue weighted by atomic mass is 10.3. The van der Waals surface area contributed by atoms with E-state index in [4.69, 9.17) is 4.74 Å². The molecular weight excluding hydrogens is 260 g/mol. The van der Waals surface area contributed by atoms with E-state index >= 15 is 0 Å². The molecule has 3 rings (SSSR count). The first-order valence-electron chi connectivity index (χ1n) is 4.74. The van der Waals surface area contributed by atoms with Crippen molar-refractivity contribution in [1.82, 2.24) is 20.0 Å². The Morgan fingerprint density at radius 1 is 1.53 bits per heavy atom. The summed E-state index contributed by atoms with van der Waals surface area (Å²) in [4.78, 5) is 0. The summed E-state index contributed by atoms with van der Waals surface area (Å²) in [5, 5.41) is 13.2. The summed E-state index contributed by atoms with van der Waals surface area (Å²) in [7, 11) is 1.59. The highest BCUT2D eigenvalue weighted by Gasteiger charge is 2.28. The van der Waals surface area contributed by atoms with Crippen LogP contribution in [0.25, 0.3) is 10.9 Å². The summed E-state index contributed by atoms with van der Waals surface area (Å²) in [5.41, 5.74) is 0.983. The second-order valence-corrected chi connectivity index (χ2v) is 4.33. The van der Waals surface area contributed by atoms with Crippen molar-refractivity contribution in [3.63, 3.8) is 0 Å². The van der Waals surface area contributed by atoms with E-state index in [1.807, 2.05) is 4.68 Å². The minimum Gasteiger partial charge on any atom is -0.479 e. The highest BCUT2D eigenvalue weighted by atomic mass is 79.9. The lowest BCUT2D eigenvalue weighted by Gasteiger charge is -2.00. The third-order valence-corrected chi connectivity index (χ3v) is 3.09. The van der Waals surface area contributed by atoms with Crippen molar-refractivity contribution in [3.05, 3.63) is 10.8 Å². The lowest BCUT2D eigenvalue weighted by molar-refractivity contribution is 0.397. The summed E-state index contributed by atoms with van der Waals surface area (Å²) < 4.78 is 7.94. The molecular formula is C9H9BrN4O. The van der Waals surface area contributed by atoms with Crippen LogP contribution in [0.15, 0.2) is 10.8 Å². The van der Waals surface area contributed by atoms with E-state index < -0.39 is 0 Å². The van der Waals surface area contributed by atoms with Crippen LogP contribution in [0.4, 0.5) is 0 Å². The Morgan fingerprint density at radius 2 is 2.33 bits per heavy atom. The van der Waals surface area contributed by atoms with Crippen molar-refractivity contribution in [2.75, 3.05) is 7.11 Å². The Labute approximate surface area is 94.6 Å². The molecule has 0 bridgehead atoms. The van der Waals surface area contributed by atoms with E-state index in [1.54, 1.807) is 13.3 Å². The van der Waals surface area contributed by atoms with Gasteiger partial charge in [0.25, 0.3) is 0 Å². The third kappa shape index (κ3) is 1.31. The zero-order chi connectivity index (χ0) is 10.4. The number of hydrogen-bond donors (Lipinski definition) is 0. The van der Waals surface area contributed by atoms with Crippen LogP contribution in [0.2, 0.25) is 0 Å². The number of methoxy groups -OCH3 is 1. The Hall–Kier alpha value is -1.17. The molecule has 0 atom stereocenters. The first-order valence-corrected chi connectivity index (χ1v) is 5.54. The molecule has 0 saturated heterocycles. The molecule has 5 nitrogen and oxygen atoms in total. The van der Waals surface area contributed by atoms with Crippen LogP contribution in [0.5, 0.6) is 5.88 Å². The van der Waals surface area contributed by atoms with Gasteiger partial charge in [-0.15, -0.1) is 5.10 Å². The van der Waals surface area contributed by atoms with E-state index in [2.05, 4.69) is 31.2 Å². The summed E-state index contributed by atoms with van der Waals surface area (Å²) in [5.74, 6) is 0.520. The van der Waals surface area contributed by atoms with Crippen LogP contribution in [0.3, 0.4) is 0 Å². The van der Waals surface area contributed by atoms with Crippen LogP contribution in [0.1, 0.15) is 18.9 Å². The van der Waals surface area contributed by atoms with Crippen LogP contribution < -0.4 is 4.74 Å². The van der Waals surface area contributed by atoms with Gasteiger partial charge in [0.05, 0.1) is 30.3 Å². The summed E-state index contributed by atoms with van der Waals surface area (Å²) >= 11 is 3.43. The van der Waals surface area contributed by atoms with Gasteiger partial charge in [0.2, 0.25) is 5.88 Å². The van der Waals surface area contributed by atoms with E-state index in [1.165, 1.54) is 12.8 Å². The highest BCUT2D eigenvalue weighted by molar-refractivity contribution is 9.10. The maximum atomic E-state index is 5.16. The van der Waals surface area contributed by atoms with Crippen LogP contribution in [-0.4, -0.2) is 27.1 Å².